The molecule has 0 amide bonds. The lowest BCUT2D eigenvalue weighted by Gasteiger charge is -2.05. The van der Waals surface area contributed by atoms with Gasteiger partial charge in [0, 0.05) is 11.8 Å². The zero-order valence-electron chi connectivity index (χ0n) is 9.40. The van der Waals surface area contributed by atoms with E-state index in [-0.39, 0.29) is 5.78 Å². The third kappa shape index (κ3) is 2.03. The van der Waals surface area contributed by atoms with Gasteiger partial charge in [-0.1, -0.05) is 38.1 Å². The molecule has 1 N–H and O–H groups in total. The molecule has 1 aromatic carbocycles. The van der Waals surface area contributed by atoms with Crippen molar-refractivity contribution in [2.75, 3.05) is 0 Å². The van der Waals surface area contributed by atoms with Crippen LogP contribution >= 0.6 is 0 Å². The number of hydrogen-bond acceptors (Lipinski definition) is 2. The predicted molar refractivity (Wildman–Crippen MR) is 62.6 cm³/mol. The third-order valence-electron chi connectivity index (χ3n) is 2.58. The quantitative estimate of drug-likeness (QED) is 0.798. The molecule has 0 aliphatic rings. The zero-order chi connectivity index (χ0) is 11.5. The monoisotopic (exact) mass is 214 g/mol. The number of ketones is 1. The Balaban J connectivity index is 2.25. The van der Waals surface area contributed by atoms with Gasteiger partial charge in [-0.05, 0) is 17.5 Å². The lowest BCUT2D eigenvalue weighted by Crippen LogP contribution is -2.02. The summed E-state index contributed by atoms with van der Waals surface area (Å²) in [6.45, 7) is 4.26. The summed E-state index contributed by atoms with van der Waals surface area (Å²) < 4.78 is 0. The minimum absolute atomic E-state index is 0.0205. The minimum Gasteiger partial charge on any atom is -0.287 e. The van der Waals surface area contributed by atoms with Gasteiger partial charge in [0.1, 0.15) is 5.69 Å². The summed E-state index contributed by atoms with van der Waals surface area (Å²) in [4.78, 5) is 11.9. The van der Waals surface area contributed by atoms with Crippen LogP contribution in [0.5, 0.6) is 0 Å². The molecular weight excluding hydrogens is 200 g/mol. The molecule has 2 rings (SSSR count). The van der Waals surface area contributed by atoms with Crippen molar-refractivity contribution in [2.24, 2.45) is 0 Å². The molecule has 0 aliphatic heterocycles. The number of H-pyrrole nitrogens is 1. The Hall–Kier alpha value is -1.90. The molecule has 0 aliphatic carbocycles. The van der Waals surface area contributed by atoms with E-state index in [1.165, 1.54) is 5.56 Å². The van der Waals surface area contributed by atoms with Crippen molar-refractivity contribution >= 4 is 5.78 Å². The van der Waals surface area contributed by atoms with Crippen LogP contribution in [0.25, 0.3) is 0 Å². The fourth-order valence-electron chi connectivity index (χ4n) is 1.56. The van der Waals surface area contributed by atoms with Crippen LogP contribution in [-0.2, 0) is 0 Å². The Bertz CT molecular complexity index is 469. The number of benzene rings is 1. The van der Waals surface area contributed by atoms with Crippen molar-refractivity contribution in [3.63, 3.8) is 0 Å². The summed E-state index contributed by atoms with van der Waals surface area (Å²) in [6.07, 6.45) is 1.58. The molecule has 0 spiro atoms. The zero-order valence-corrected chi connectivity index (χ0v) is 9.40. The van der Waals surface area contributed by atoms with Crippen molar-refractivity contribution in [2.45, 2.75) is 19.8 Å². The smallest absolute Gasteiger partial charge is 0.210 e. The molecule has 3 heteroatoms. The van der Waals surface area contributed by atoms with E-state index < -0.39 is 0 Å². The molecule has 0 radical (unpaired) electrons. The van der Waals surface area contributed by atoms with Crippen LogP contribution in [0.15, 0.2) is 36.5 Å². The highest BCUT2D eigenvalue weighted by Gasteiger charge is 2.10. The van der Waals surface area contributed by atoms with E-state index in [0.29, 0.717) is 17.2 Å². The van der Waals surface area contributed by atoms with E-state index in [1.807, 2.05) is 24.3 Å². The molecule has 0 fully saturated rings. The van der Waals surface area contributed by atoms with E-state index in [1.54, 1.807) is 12.3 Å². The Labute approximate surface area is 94.5 Å². The molecule has 16 heavy (non-hydrogen) atoms. The maximum absolute atomic E-state index is 11.9. The fraction of sp³-hybridized carbons (Fsp3) is 0.231. The minimum atomic E-state index is -0.0205. The van der Waals surface area contributed by atoms with Crippen LogP contribution in [0.1, 0.15) is 41.4 Å². The van der Waals surface area contributed by atoms with Crippen LogP contribution in [-0.4, -0.2) is 16.0 Å². The summed E-state index contributed by atoms with van der Waals surface area (Å²) in [6, 6.07) is 9.39. The SMILES string of the molecule is CC(C)c1ccc(C(=O)c2ccn[nH]2)cc1. The molecule has 0 atom stereocenters. The number of aromatic nitrogens is 2. The van der Waals surface area contributed by atoms with Crippen LogP contribution in [0.3, 0.4) is 0 Å². The Morgan fingerprint density at radius 2 is 1.88 bits per heavy atom. The number of hydrogen-bond donors (Lipinski definition) is 1. The van der Waals surface area contributed by atoms with Crippen molar-refractivity contribution in [3.8, 4) is 0 Å². The van der Waals surface area contributed by atoms with Crippen molar-refractivity contribution in [1.82, 2.24) is 10.2 Å². The summed E-state index contributed by atoms with van der Waals surface area (Å²) in [5, 5.41) is 6.44. The molecule has 0 saturated heterocycles. The first-order chi connectivity index (χ1) is 7.68. The molecule has 1 aromatic heterocycles. The number of aromatic amines is 1. The lowest BCUT2D eigenvalue weighted by atomic mass is 10.00. The normalized spacial score (nSPS) is 10.7. The highest BCUT2D eigenvalue weighted by Crippen LogP contribution is 2.16. The van der Waals surface area contributed by atoms with Gasteiger partial charge in [0.2, 0.25) is 5.78 Å². The molecule has 0 bridgehead atoms. The summed E-state index contributed by atoms with van der Waals surface area (Å²) in [5.41, 5.74) is 2.45. The van der Waals surface area contributed by atoms with Gasteiger partial charge in [-0.15, -0.1) is 0 Å². The van der Waals surface area contributed by atoms with Crippen molar-refractivity contribution < 1.29 is 4.79 Å². The summed E-state index contributed by atoms with van der Waals surface area (Å²) in [7, 11) is 0. The number of nitrogens with one attached hydrogen (secondary N) is 1. The number of carbonyl (C=O) groups excluding carboxylic acids is 1. The number of rotatable bonds is 3. The van der Waals surface area contributed by atoms with E-state index in [2.05, 4.69) is 24.0 Å². The van der Waals surface area contributed by atoms with Gasteiger partial charge < -0.3 is 0 Å². The fourth-order valence-corrected chi connectivity index (χ4v) is 1.56. The standard InChI is InChI=1S/C13H14N2O/c1-9(2)10-3-5-11(6-4-10)13(16)12-7-8-14-15-12/h3-9H,1-2H3,(H,14,15). The maximum Gasteiger partial charge on any atom is 0.210 e. The predicted octanol–water partition coefficient (Wildman–Crippen LogP) is 2.76. The molecular formula is C13H14N2O. The average Bonchev–Trinajstić information content (AvgIpc) is 2.81. The number of carbonyl (C=O) groups is 1. The average molecular weight is 214 g/mol. The lowest BCUT2D eigenvalue weighted by molar-refractivity contribution is 0.103. The second-order valence-electron chi connectivity index (χ2n) is 4.08. The van der Waals surface area contributed by atoms with Gasteiger partial charge in [0.15, 0.2) is 0 Å². The van der Waals surface area contributed by atoms with Gasteiger partial charge in [-0.3, -0.25) is 9.89 Å². The maximum atomic E-state index is 11.9. The summed E-state index contributed by atoms with van der Waals surface area (Å²) in [5.74, 6) is 0.462. The van der Waals surface area contributed by atoms with Gasteiger partial charge in [0.05, 0.1) is 0 Å². The molecule has 82 valence electrons. The van der Waals surface area contributed by atoms with Gasteiger partial charge in [-0.25, -0.2) is 0 Å². The Morgan fingerprint density at radius 3 is 2.38 bits per heavy atom. The Morgan fingerprint density at radius 1 is 1.19 bits per heavy atom. The molecule has 3 nitrogen and oxygen atoms in total. The van der Waals surface area contributed by atoms with E-state index in [4.69, 9.17) is 0 Å². The molecule has 0 unspecified atom stereocenters. The number of nitrogens with zero attached hydrogens (tertiary/aromatic N) is 1. The van der Waals surface area contributed by atoms with Crippen LogP contribution < -0.4 is 0 Å². The van der Waals surface area contributed by atoms with E-state index >= 15 is 0 Å². The Kier molecular flexibility index (Phi) is 2.86. The van der Waals surface area contributed by atoms with Crippen LogP contribution in [0, 0.1) is 0 Å². The molecule has 1 heterocycles. The first-order valence-corrected chi connectivity index (χ1v) is 5.32. The van der Waals surface area contributed by atoms with Crippen molar-refractivity contribution in [3.05, 3.63) is 53.3 Å². The second kappa shape index (κ2) is 4.31. The summed E-state index contributed by atoms with van der Waals surface area (Å²) >= 11 is 0. The molecule has 0 saturated carbocycles. The topological polar surface area (TPSA) is 45.8 Å². The molecule has 2 aromatic rings. The van der Waals surface area contributed by atoms with Gasteiger partial charge in [-0.2, -0.15) is 5.10 Å². The highest BCUT2D eigenvalue weighted by molar-refractivity contribution is 6.07. The van der Waals surface area contributed by atoms with E-state index in [9.17, 15) is 4.79 Å². The van der Waals surface area contributed by atoms with Crippen LogP contribution in [0.4, 0.5) is 0 Å². The highest BCUT2D eigenvalue weighted by atomic mass is 16.1. The largest absolute Gasteiger partial charge is 0.287 e. The van der Waals surface area contributed by atoms with Crippen molar-refractivity contribution in [1.29, 1.82) is 0 Å². The van der Waals surface area contributed by atoms with Gasteiger partial charge >= 0.3 is 0 Å². The van der Waals surface area contributed by atoms with Gasteiger partial charge in [0.25, 0.3) is 0 Å². The van der Waals surface area contributed by atoms with E-state index in [0.717, 1.165) is 0 Å². The first kappa shape index (κ1) is 10.6. The third-order valence-corrected chi connectivity index (χ3v) is 2.58. The first-order valence-electron chi connectivity index (χ1n) is 5.32. The van der Waals surface area contributed by atoms with Crippen LogP contribution in [0.2, 0.25) is 0 Å². The second-order valence-corrected chi connectivity index (χ2v) is 4.08.